The van der Waals surface area contributed by atoms with Gasteiger partial charge in [-0.3, -0.25) is 0 Å². The van der Waals surface area contributed by atoms with Crippen molar-refractivity contribution in [3.05, 3.63) is 34.4 Å². The SMILES string of the molecule is Brc1c(C2CCCO2)[nH]c2ccccc12. The molecule has 15 heavy (non-hydrogen) atoms. The zero-order valence-corrected chi connectivity index (χ0v) is 9.88. The molecule has 1 atom stereocenters. The van der Waals surface area contributed by atoms with Crippen molar-refractivity contribution in [1.29, 1.82) is 0 Å². The molecule has 1 aromatic carbocycles. The van der Waals surface area contributed by atoms with Crippen molar-refractivity contribution < 1.29 is 4.74 Å². The molecule has 78 valence electrons. The lowest BCUT2D eigenvalue weighted by molar-refractivity contribution is 0.108. The van der Waals surface area contributed by atoms with E-state index < -0.39 is 0 Å². The summed E-state index contributed by atoms with van der Waals surface area (Å²) in [5.74, 6) is 0. The molecule has 2 nitrogen and oxygen atoms in total. The maximum Gasteiger partial charge on any atom is 0.0985 e. The molecule has 0 bridgehead atoms. The fourth-order valence-electron chi connectivity index (χ4n) is 2.16. The van der Waals surface area contributed by atoms with Crippen LogP contribution in [0.2, 0.25) is 0 Å². The summed E-state index contributed by atoms with van der Waals surface area (Å²) in [6, 6.07) is 8.32. The normalized spacial score (nSPS) is 21.3. The van der Waals surface area contributed by atoms with Crippen molar-refractivity contribution in [1.82, 2.24) is 4.98 Å². The average Bonchev–Trinajstić information content (AvgIpc) is 2.87. The zero-order valence-electron chi connectivity index (χ0n) is 8.29. The van der Waals surface area contributed by atoms with Crippen LogP contribution < -0.4 is 0 Å². The van der Waals surface area contributed by atoms with Crippen LogP contribution in [0.15, 0.2) is 28.7 Å². The molecule has 1 aromatic heterocycles. The van der Waals surface area contributed by atoms with Crippen molar-refractivity contribution in [3.8, 4) is 0 Å². The lowest BCUT2D eigenvalue weighted by Gasteiger charge is -2.07. The van der Waals surface area contributed by atoms with Crippen LogP contribution in [-0.2, 0) is 4.74 Å². The van der Waals surface area contributed by atoms with Crippen LogP contribution in [0.5, 0.6) is 0 Å². The molecule has 3 rings (SSSR count). The molecule has 0 radical (unpaired) electrons. The summed E-state index contributed by atoms with van der Waals surface area (Å²) in [4.78, 5) is 3.43. The molecule has 2 heterocycles. The van der Waals surface area contributed by atoms with Crippen LogP contribution in [0.4, 0.5) is 0 Å². The number of hydrogen-bond acceptors (Lipinski definition) is 1. The highest BCUT2D eigenvalue weighted by atomic mass is 79.9. The van der Waals surface area contributed by atoms with Gasteiger partial charge in [-0.15, -0.1) is 0 Å². The van der Waals surface area contributed by atoms with Crippen LogP contribution in [-0.4, -0.2) is 11.6 Å². The quantitative estimate of drug-likeness (QED) is 0.834. The number of aromatic amines is 1. The van der Waals surface area contributed by atoms with Crippen molar-refractivity contribution in [3.63, 3.8) is 0 Å². The maximum atomic E-state index is 5.69. The maximum absolute atomic E-state index is 5.69. The molecule has 3 heteroatoms. The van der Waals surface area contributed by atoms with Crippen LogP contribution in [0.25, 0.3) is 10.9 Å². The van der Waals surface area contributed by atoms with E-state index in [0.717, 1.165) is 23.9 Å². The monoisotopic (exact) mass is 265 g/mol. The van der Waals surface area contributed by atoms with Crippen molar-refractivity contribution in [2.75, 3.05) is 6.61 Å². The van der Waals surface area contributed by atoms with E-state index in [4.69, 9.17) is 4.74 Å². The fourth-order valence-corrected chi connectivity index (χ4v) is 2.86. The Balaban J connectivity index is 2.14. The summed E-state index contributed by atoms with van der Waals surface area (Å²) in [6.45, 7) is 0.881. The second-order valence-corrected chi connectivity index (χ2v) is 4.69. The molecule has 1 unspecified atom stereocenters. The molecule has 0 saturated carbocycles. The van der Waals surface area contributed by atoms with E-state index >= 15 is 0 Å². The largest absolute Gasteiger partial charge is 0.372 e. The van der Waals surface area contributed by atoms with Crippen molar-refractivity contribution in [2.24, 2.45) is 0 Å². The summed E-state index contributed by atoms with van der Waals surface area (Å²) in [6.07, 6.45) is 2.52. The Labute approximate surface area is 96.8 Å². The van der Waals surface area contributed by atoms with Gasteiger partial charge in [-0.2, -0.15) is 0 Å². The third-order valence-corrected chi connectivity index (χ3v) is 3.78. The molecule has 1 aliphatic heterocycles. The smallest absolute Gasteiger partial charge is 0.0985 e. The van der Waals surface area contributed by atoms with E-state index in [9.17, 15) is 0 Å². The zero-order chi connectivity index (χ0) is 10.3. The van der Waals surface area contributed by atoms with Gasteiger partial charge in [-0.25, -0.2) is 0 Å². The summed E-state index contributed by atoms with van der Waals surface area (Å²) in [5, 5.41) is 1.24. The van der Waals surface area contributed by atoms with E-state index in [2.05, 4.69) is 39.1 Å². The summed E-state index contributed by atoms with van der Waals surface area (Å²) >= 11 is 3.65. The lowest BCUT2D eigenvalue weighted by Crippen LogP contribution is -1.96. The molecular formula is C12H12BrNO. The minimum atomic E-state index is 0.242. The van der Waals surface area contributed by atoms with Gasteiger partial charge in [0.1, 0.15) is 0 Å². The highest BCUT2D eigenvalue weighted by molar-refractivity contribution is 9.10. The molecular weight excluding hydrogens is 254 g/mol. The van der Waals surface area contributed by atoms with E-state index in [1.165, 1.54) is 16.6 Å². The Morgan fingerprint density at radius 1 is 1.33 bits per heavy atom. The van der Waals surface area contributed by atoms with Crippen LogP contribution in [0.3, 0.4) is 0 Å². The Hall–Kier alpha value is -0.800. The van der Waals surface area contributed by atoms with Gasteiger partial charge in [0.05, 0.1) is 11.8 Å². The number of nitrogens with one attached hydrogen (secondary N) is 1. The molecule has 0 spiro atoms. The topological polar surface area (TPSA) is 25.0 Å². The molecule has 1 aliphatic rings. The number of benzene rings is 1. The summed E-state index contributed by atoms with van der Waals surface area (Å²) in [5.41, 5.74) is 2.36. The first-order valence-electron chi connectivity index (χ1n) is 5.24. The Morgan fingerprint density at radius 2 is 2.20 bits per heavy atom. The van der Waals surface area contributed by atoms with Gasteiger partial charge >= 0.3 is 0 Å². The summed E-state index contributed by atoms with van der Waals surface area (Å²) < 4.78 is 6.85. The number of rotatable bonds is 1. The predicted octanol–water partition coefficient (Wildman–Crippen LogP) is 3.78. The predicted molar refractivity (Wildman–Crippen MR) is 63.9 cm³/mol. The fraction of sp³-hybridized carbons (Fsp3) is 0.333. The molecule has 2 aromatic rings. The molecule has 1 fully saturated rings. The van der Waals surface area contributed by atoms with Gasteiger partial charge in [-0.1, -0.05) is 18.2 Å². The van der Waals surface area contributed by atoms with Crippen molar-refractivity contribution >= 4 is 26.8 Å². The first-order chi connectivity index (χ1) is 7.36. The molecule has 0 amide bonds. The standard InChI is InChI=1S/C12H12BrNO/c13-11-8-4-1-2-5-9(8)14-12(11)10-6-3-7-15-10/h1-2,4-5,10,14H,3,6-7H2. The highest BCUT2D eigenvalue weighted by Gasteiger charge is 2.22. The minimum Gasteiger partial charge on any atom is -0.372 e. The third kappa shape index (κ3) is 1.50. The van der Waals surface area contributed by atoms with Crippen molar-refractivity contribution in [2.45, 2.75) is 18.9 Å². The summed E-state index contributed by atoms with van der Waals surface area (Å²) in [7, 11) is 0. The second kappa shape index (κ2) is 3.65. The second-order valence-electron chi connectivity index (χ2n) is 3.90. The van der Waals surface area contributed by atoms with Gasteiger partial charge in [0, 0.05) is 22.0 Å². The Kier molecular flexibility index (Phi) is 2.29. The van der Waals surface area contributed by atoms with Crippen LogP contribution in [0.1, 0.15) is 24.6 Å². The average molecular weight is 266 g/mol. The van der Waals surface area contributed by atoms with E-state index in [1.54, 1.807) is 0 Å². The third-order valence-electron chi connectivity index (χ3n) is 2.92. The molecule has 1 N–H and O–H groups in total. The number of ether oxygens (including phenoxy) is 1. The Bertz CT molecular complexity index is 485. The first-order valence-corrected chi connectivity index (χ1v) is 6.03. The molecule has 0 aliphatic carbocycles. The number of halogens is 1. The van der Waals surface area contributed by atoms with Gasteiger partial charge in [0.15, 0.2) is 0 Å². The number of fused-ring (bicyclic) bond motifs is 1. The van der Waals surface area contributed by atoms with Gasteiger partial charge in [0.2, 0.25) is 0 Å². The number of H-pyrrole nitrogens is 1. The minimum absolute atomic E-state index is 0.242. The first kappa shape index (κ1) is 9.43. The van der Waals surface area contributed by atoms with E-state index in [-0.39, 0.29) is 6.10 Å². The van der Waals surface area contributed by atoms with Gasteiger partial charge < -0.3 is 9.72 Å². The number of hydrogen-bond donors (Lipinski definition) is 1. The Morgan fingerprint density at radius 3 is 2.93 bits per heavy atom. The van der Waals surface area contributed by atoms with Crippen LogP contribution >= 0.6 is 15.9 Å². The van der Waals surface area contributed by atoms with E-state index in [0.29, 0.717) is 0 Å². The van der Waals surface area contributed by atoms with Crippen LogP contribution in [0, 0.1) is 0 Å². The lowest BCUT2D eigenvalue weighted by atomic mass is 10.2. The van der Waals surface area contributed by atoms with Gasteiger partial charge in [0.25, 0.3) is 0 Å². The highest BCUT2D eigenvalue weighted by Crippen LogP contribution is 2.37. The number of para-hydroxylation sites is 1. The number of aromatic nitrogens is 1. The molecule has 1 saturated heterocycles. The van der Waals surface area contributed by atoms with E-state index in [1.807, 2.05) is 6.07 Å². The van der Waals surface area contributed by atoms with Gasteiger partial charge in [-0.05, 0) is 34.8 Å².